The number of aryl methyl sites for hydroxylation is 1. The van der Waals surface area contributed by atoms with Gasteiger partial charge in [-0.3, -0.25) is 4.79 Å². The number of aliphatic hydroxyl groups excluding tert-OH is 1. The summed E-state index contributed by atoms with van der Waals surface area (Å²) in [6, 6.07) is 5.32. The van der Waals surface area contributed by atoms with Crippen molar-refractivity contribution in [1.82, 2.24) is 4.90 Å². The Labute approximate surface area is 112 Å². The fourth-order valence-corrected chi connectivity index (χ4v) is 2.63. The van der Waals surface area contributed by atoms with Crippen LogP contribution in [0.5, 0.6) is 0 Å². The number of likely N-dealkylation sites (tertiary alicyclic amines) is 1. The van der Waals surface area contributed by atoms with Gasteiger partial charge in [-0.25, -0.2) is 0 Å². The summed E-state index contributed by atoms with van der Waals surface area (Å²) in [6.07, 6.45) is 0.518. The van der Waals surface area contributed by atoms with E-state index in [2.05, 4.69) is 0 Å². The molecule has 1 saturated heterocycles. The monoisotopic (exact) mass is 267 g/mol. The van der Waals surface area contributed by atoms with E-state index in [1.165, 1.54) is 0 Å². The predicted molar refractivity (Wildman–Crippen MR) is 71.9 cm³/mol. The average Bonchev–Trinajstić information content (AvgIpc) is 2.77. The van der Waals surface area contributed by atoms with Crippen LogP contribution in [0.1, 0.15) is 29.3 Å². The van der Waals surface area contributed by atoms with Crippen LogP contribution >= 0.6 is 11.6 Å². The first kappa shape index (κ1) is 13.4. The lowest BCUT2D eigenvalue weighted by Crippen LogP contribution is -2.30. The zero-order valence-electron chi connectivity index (χ0n) is 10.7. The van der Waals surface area contributed by atoms with E-state index in [4.69, 9.17) is 11.6 Å². The van der Waals surface area contributed by atoms with Crippen LogP contribution in [0.2, 0.25) is 5.02 Å². The SMILES string of the molecule is Cc1cc(Cl)ccc1C(=O)N1CCC(C(C)O)C1. The first-order chi connectivity index (χ1) is 8.49. The maximum absolute atomic E-state index is 12.3. The molecule has 1 N–H and O–H groups in total. The van der Waals surface area contributed by atoms with E-state index < -0.39 is 0 Å². The van der Waals surface area contributed by atoms with Crippen LogP contribution in [0.15, 0.2) is 18.2 Å². The average molecular weight is 268 g/mol. The summed E-state index contributed by atoms with van der Waals surface area (Å²) < 4.78 is 0. The van der Waals surface area contributed by atoms with Crippen molar-refractivity contribution in [3.8, 4) is 0 Å². The van der Waals surface area contributed by atoms with Crippen LogP contribution in [0.4, 0.5) is 0 Å². The molecule has 2 atom stereocenters. The Hall–Kier alpha value is -1.06. The fourth-order valence-electron chi connectivity index (χ4n) is 2.40. The summed E-state index contributed by atoms with van der Waals surface area (Å²) in [6.45, 7) is 5.03. The van der Waals surface area contributed by atoms with Gasteiger partial charge < -0.3 is 10.0 Å². The van der Waals surface area contributed by atoms with Crippen molar-refractivity contribution < 1.29 is 9.90 Å². The van der Waals surface area contributed by atoms with E-state index in [1.54, 1.807) is 25.1 Å². The second-order valence-electron chi connectivity index (χ2n) is 5.00. The Bertz CT molecular complexity index is 459. The molecule has 2 rings (SSSR count). The van der Waals surface area contributed by atoms with Gasteiger partial charge in [0.25, 0.3) is 5.91 Å². The molecule has 1 aliphatic heterocycles. The molecule has 1 aromatic rings. The summed E-state index contributed by atoms with van der Waals surface area (Å²) in [5.74, 6) is 0.230. The Kier molecular flexibility index (Phi) is 3.93. The van der Waals surface area contributed by atoms with Gasteiger partial charge in [0.2, 0.25) is 0 Å². The lowest BCUT2D eigenvalue weighted by Gasteiger charge is -2.18. The van der Waals surface area contributed by atoms with Crippen molar-refractivity contribution in [2.45, 2.75) is 26.4 Å². The van der Waals surface area contributed by atoms with Crippen molar-refractivity contribution in [2.75, 3.05) is 13.1 Å². The highest BCUT2D eigenvalue weighted by Gasteiger charge is 2.29. The van der Waals surface area contributed by atoms with Crippen molar-refractivity contribution >= 4 is 17.5 Å². The molecule has 0 aliphatic carbocycles. The van der Waals surface area contributed by atoms with Gasteiger partial charge in [-0.05, 0) is 44.0 Å². The number of amides is 1. The van der Waals surface area contributed by atoms with E-state index in [1.807, 2.05) is 11.8 Å². The smallest absolute Gasteiger partial charge is 0.254 e. The maximum atomic E-state index is 12.3. The second-order valence-corrected chi connectivity index (χ2v) is 5.44. The quantitative estimate of drug-likeness (QED) is 0.894. The molecule has 3 nitrogen and oxygen atoms in total. The first-order valence-corrected chi connectivity index (χ1v) is 6.60. The largest absolute Gasteiger partial charge is 0.393 e. The lowest BCUT2D eigenvalue weighted by molar-refractivity contribution is 0.0762. The number of benzene rings is 1. The standard InChI is InChI=1S/C14H18ClNO2/c1-9-7-12(15)3-4-13(9)14(18)16-6-5-11(8-16)10(2)17/h3-4,7,10-11,17H,5-6,8H2,1-2H3. The number of rotatable bonds is 2. The molecule has 0 radical (unpaired) electrons. The highest BCUT2D eigenvalue weighted by Crippen LogP contribution is 2.23. The highest BCUT2D eigenvalue weighted by molar-refractivity contribution is 6.30. The molecule has 1 fully saturated rings. The lowest BCUT2D eigenvalue weighted by atomic mass is 10.0. The maximum Gasteiger partial charge on any atom is 0.254 e. The Morgan fingerprint density at radius 2 is 2.28 bits per heavy atom. The van der Waals surface area contributed by atoms with Gasteiger partial charge in [-0.1, -0.05) is 11.6 Å². The van der Waals surface area contributed by atoms with Gasteiger partial charge in [0.05, 0.1) is 6.10 Å². The molecule has 98 valence electrons. The second kappa shape index (κ2) is 5.29. The first-order valence-electron chi connectivity index (χ1n) is 6.22. The van der Waals surface area contributed by atoms with Crippen LogP contribution < -0.4 is 0 Å². The number of carbonyl (C=O) groups is 1. The van der Waals surface area contributed by atoms with Gasteiger partial charge in [-0.2, -0.15) is 0 Å². The highest BCUT2D eigenvalue weighted by atomic mass is 35.5. The molecular formula is C14H18ClNO2. The van der Waals surface area contributed by atoms with Crippen LogP contribution in [0, 0.1) is 12.8 Å². The van der Waals surface area contributed by atoms with Crippen molar-refractivity contribution in [3.63, 3.8) is 0 Å². The third-order valence-corrected chi connectivity index (χ3v) is 3.85. The molecule has 0 bridgehead atoms. The Morgan fingerprint density at radius 1 is 1.56 bits per heavy atom. The van der Waals surface area contributed by atoms with Gasteiger partial charge in [-0.15, -0.1) is 0 Å². The van der Waals surface area contributed by atoms with E-state index in [0.29, 0.717) is 17.1 Å². The zero-order chi connectivity index (χ0) is 13.3. The third kappa shape index (κ3) is 2.68. The third-order valence-electron chi connectivity index (χ3n) is 3.61. The van der Waals surface area contributed by atoms with E-state index in [-0.39, 0.29) is 17.9 Å². The van der Waals surface area contributed by atoms with Crippen LogP contribution in [-0.4, -0.2) is 35.1 Å². The zero-order valence-corrected chi connectivity index (χ0v) is 11.4. The number of aliphatic hydroxyl groups is 1. The fraction of sp³-hybridized carbons (Fsp3) is 0.500. The number of nitrogens with zero attached hydrogens (tertiary/aromatic N) is 1. The van der Waals surface area contributed by atoms with Crippen molar-refractivity contribution in [2.24, 2.45) is 5.92 Å². The molecule has 0 spiro atoms. The van der Waals surface area contributed by atoms with Crippen LogP contribution in [0.3, 0.4) is 0 Å². The molecule has 0 saturated carbocycles. The normalized spacial score (nSPS) is 21.1. The molecule has 2 unspecified atom stereocenters. The van der Waals surface area contributed by atoms with Crippen LogP contribution in [0.25, 0.3) is 0 Å². The van der Waals surface area contributed by atoms with Crippen molar-refractivity contribution in [3.05, 3.63) is 34.3 Å². The number of halogens is 1. The summed E-state index contributed by atoms with van der Waals surface area (Å²) in [5, 5.41) is 10.2. The minimum absolute atomic E-state index is 0.0346. The molecule has 1 aromatic carbocycles. The van der Waals surface area contributed by atoms with Crippen LogP contribution in [-0.2, 0) is 0 Å². The minimum Gasteiger partial charge on any atom is -0.393 e. The van der Waals surface area contributed by atoms with E-state index in [9.17, 15) is 9.90 Å². The van der Waals surface area contributed by atoms with E-state index >= 15 is 0 Å². The van der Waals surface area contributed by atoms with Crippen molar-refractivity contribution in [1.29, 1.82) is 0 Å². The summed E-state index contributed by atoms with van der Waals surface area (Å²) in [7, 11) is 0. The summed E-state index contributed by atoms with van der Waals surface area (Å²) in [4.78, 5) is 14.2. The molecule has 18 heavy (non-hydrogen) atoms. The van der Waals surface area contributed by atoms with Gasteiger partial charge in [0.15, 0.2) is 0 Å². The Morgan fingerprint density at radius 3 is 2.83 bits per heavy atom. The number of hydrogen-bond donors (Lipinski definition) is 1. The molecule has 1 aliphatic rings. The van der Waals surface area contributed by atoms with E-state index in [0.717, 1.165) is 18.5 Å². The summed E-state index contributed by atoms with van der Waals surface area (Å²) >= 11 is 5.89. The number of hydrogen-bond acceptors (Lipinski definition) is 2. The molecule has 1 heterocycles. The van der Waals surface area contributed by atoms with Gasteiger partial charge in [0.1, 0.15) is 0 Å². The van der Waals surface area contributed by atoms with Gasteiger partial charge >= 0.3 is 0 Å². The molecular weight excluding hydrogens is 250 g/mol. The topological polar surface area (TPSA) is 40.5 Å². The molecule has 4 heteroatoms. The minimum atomic E-state index is -0.353. The molecule has 1 amide bonds. The number of carbonyl (C=O) groups excluding carboxylic acids is 1. The molecule has 0 aromatic heterocycles. The predicted octanol–water partition coefficient (Wildman–Crippen LogP) is 2.49. The summed E-state index contributed by atoms with van der Waals surface area (Å²) in [5.41, 5.74) is 1.60. The van der Waals surface area contributed by atoms with Gasteiger partial charge in [0, 0.05) is 29.6 Å². The Balaban J connectivity index is 2.13.